The maximum atomic E-state index is 12.5. The van der Waals surface area contributed by atoms with Crippen molar-refractivity contribution in [1.82, 2.24) is 5.32 Å². The van der Waals surface area contributed by atoms with Gasteiger partial charge in [-0.2, -0.15) is 0 Å². The van der Waals surface area contributed by atoms with Crippen LogP contribution in [0.5, 0.6) is 0 Å². The molecular weight excluding hydrogens is 339 g/mol. The van der Waals surface area contributed by atoms with Gasteiger partial charge in [-0.1, -0.05) is 29.3 Å². The summed E-state index contributed by atoms with van der Waals surface area (Å²) in [6.07, 6.45) is 1.94. The normalized spacial score (nSPS) is 17.8. The fourth-order valence-electron chi connectivity index (χ4n) is 2.22. The van der Waals surface area contributed by atoms with E-state index < -0.39 is 11.3 Å². The second kappa shape index (κ2) is 7.51. The van der Waals surface area contributed by atoms with E-state index in [0.717, 1.165) is 19.4 Å². The molecule has 0 bridgehead atoms. The van der Waals surface area contributed by atoms with Gasteiger partial charge >= 0.3 is 0 Å². The summed E-state index contributed by atoms with van der Waals surface area (Å²) >= 11 is 12.1. The Bertz CT molecular complexity index is 579. The fraction of sp³-hybridized carbons (Fsp3) is 0.500. The van der Waals surface area contributed by atoms with Crippen molar-refractivity contribution in [3.05, 3.63) is 28.2 Å². The zero-order valence-electron chi connectivity index (χ0n) is 13.1. The third kappa shape index (κ3) is 4.37. The number of carbonyl (C=O) groups excluding carboxylic acids is 2. The molecule has 0 radical (unpaired) electrons. The molecule has 0 spiro atoms. The number of rotatable bonds is 5. The molecule has 0 aromatic heterocycles. The standard InChI is InChI=1S/C16H20Cl2N2O3/c1-16(2,14(21)19-9-10-5-4-8-23-10)15(22)20-13-11(17)6-3-7-12(13)18/h3,6-7,10H,4-5,8-9H2,1-2H3,(H,19,21)(H,20,22). The predicted octanol–water partition coefficient (Wildman–Crippen LogP) is 3.25. The predicted molar refractivity (Wildman–Crippen MR) is 90.9 cm³/mol. The Morgan fingerprint density at radius 2 is 1.91 bits per heavy atom. The number of ether oxygens (including phenoxy) is 1. The average molecular weight is 359 g/mol. The third-order valence-electron chi connectivity index (χ3n) is 3.85. The summed E-state index contributed by atoms with van der Waals surface area (Å²) in [5.41, 5.74) is -0.956. The van der Waals surface area contributed by atoms with E-state index in [4.69, 9.17) is 27.9 Å². The van der Waals surface area contributed by atoms with Crippen molar-refractivity contribution in [2.45, 2.75) is 32.8 Å². The molecule has 5 nitrogen and oxygen atoms in total. The summed E-state index contributed by atoms with van der Waals surface area (Å²) in [5.74, 6) is -0.842. The van der Waals surface area contributed by atoms with Gasteiger partial charge in [0, 0.05) is 13.2 Å². The molecule has 23 heavy (non-hydrogen) atoms. The van der Waals surface area contributed by atoms with E-state index >= 15 is 0 Å². The Hall–Kier alpha value is -1.30. The number of halogens is 2. The molecule has 1 unspecified atom stereocenters. The minimum Gasteiger partial charge on any atom is -0.376 e. The van der Waals surface area contributed by atoms with Crippen LogP contribution >= 0.6 is 23.2 Å². The van der Waals surface area contributed by atoms with Crippen LogP contribution in [0.4, 0.5) is 5.69 Å². The summed E-state index contributed by atoms with van der Waals surface area (Å²) in [7, 11) is 0. The summed E-state index contributed by atoms with van der Waals surface area (Å²) in [4.78, 5) is 24.8. The molecule has 2 rings (SSSR count). The van der Waals surface area contributed by atoms with Crippen molar-refractivity contribution in [2.24, 2.45) is 5.41 Å². The molecule has 0 saturated carbocycles. The highest BCUT2D eigenvalue weighted by molar-refractivity contribution is 6.40. The molecule has 2 amide bonds. The summed E-state index contributed by atoms with van der Waals surface area (Å²) < 4.78 is 5.45. The van der Waals surface area contributed by atoms with E-state index in [1.807, 2.05) is 0 Å². The topological polar surface area (TPSA) is 67.4 Å². The first kappa shape index (κ1) is 18.0. The van der Waals surface area contributed by atoms with Gasteiger partial charge in [0.1, 0.15) is 5.41 Å². The SMILES string of the molecule is CC(C)(C(=O)NCC1CCCO1)C(=O)Nc1c(Cl)cccc1Cl. The van der Waals surface area contributed by atoms with Crippen LogP contribution < -0.4 is 10.6 Å². The summed E-state index contributed by atoms with van der Waals surface area (Å²) in [6, 6.07) is 4.92. The largest absolute Gasteiger partial charge is 0.376 e. The first-order valence-electron chi connectivity index (χ1n) is 7.47. The Morgan fingerprint density at radius 3 is 2.48 bits per heavy atom. The van der Waals surface area contributed by atoms with Crippen LogP contribution in [0.15, 0.2) is 18.2 Å². The lowest BCUT2D eigenvalue weighted by molar-refractivity contribution is -0.138. The van der Waals surface area contributed by atoms with Gasteiger partial charge in [-0.25, -0.2) is 0 Å². The number of carbonyl (C=O) groups is 2. The molecule has 1 fully saturated rings. The highest BCUT2D eigenvalue weighted by Crippen LogP contribution is 2.31. The minimum atomic E-state index is -1.26. The van der Waals surface area contributed by atoms with E-state index in [-0.39, 0.29) is 12.0 Å². The number of hydrogen-bond acceptors (Lipinski definition) is 3. The number of nitrogens with one attached hydrogen (secondary N) is 2. The molecule has 1 atom stereocenters. The lowest BCUT2D eigenvalue weighted by Crippen LogP contribution is -2.47. The smallest absolute Gasteiger partial charge is 0.239 e. The quantitative estimate of drug-likeness (QED) is 0.793. The van der Waals surface area contributed by atoms with E-state index in [0.29, 0.717) is 22.3 Å². The monoisotopic (exact) mass is 358 g/mol. The van der Waals surface area contributed by atoms with Crippen LogP contribution in [0.2, 0.25) is 10.0 Å². The summed E-state index contributed by atoms with van der Waals surface area (Å²) in [5, 5.41) is 6.04. The Morgan fingerprint density at radius 1 is 1.26 bits per heavy atom. The first-order valence-corrected chi connectivity index (χ1v) is 8.23. The van der Waals surface area contributed by atoms with Gasteiger partial charge in [0.2, 0.25) is 11.8 Å². The van der Waals surface area contributed by atoms with E-state index in [1.165, 1.54) is 0 Å². The molecule has 1 saturated heterocycles. The number of para-hydroxylation sites is 1. The highest BCUT2D eigenvalue weighted by Gasteiger charge is 2.37. The van der Waals surface area contributed by atoms with Crippen LogP contribution in [-0.2, 0) is 14.3 Å². The first-order chi connectivity index (χ1) is 10.8. The zero-order chi connectivity index (χ0) is 17.0. The number of anilines is 1. The van der Waals surface area contributed by atoms with Gasteiger partial charge in [-0.05, 0) is 38.8 Å². The van der Waals surface area contributed by atoms with Crippen molar-refractivity contribution < 1.29 is 14.3 Å². The zero-order valence-corrected chi connectivity index (χ0v) is 14.6. The molecule has 2 N–H and O–H groups in total. The second-order valence-electron chi connectivity index (χ2n) is 6.02. The van der Waals surface area contributed by atoms with Crippen molar-refractivity contribution in [2.75, 3.05) is 18.5 Å². The van der Waals surface area contributed by atoms with Crippen LogP contribution in [-0.4, -0.2) is 31.1 Å². The Balaban J connectivity index is 1.99. The molecule has 1 aromatic carbocycles. The van der Waals surface area contributed by atoms with Crippen molar-refractivity contribution in [1.29, 1.82) is 0 Å². The van der Waals surface area contributed by atoms with Gasteiger partial charge in [0.15, 0.2) is 0 Å². The average Bonchev–Trinajstić information content (AvgIpc) is 3.01. The number of benzene rings is 1. The van der Waals surface area contributed by atoms with Crippen molar-refractivity contribution >= 4 is 40.7 Å². The third-order valence-corrected chi connectivity index (χ3v) is 4.48. The van der Waals surface area contributed by atoms with Gasteiger partial charge < -0.3 is 15.4 Å². The van der Waals surface area contributed by atoms with Crippen LogP contribution in [0, 0.1) is 5.41 Å². The molecule has 1 heterocycles. The molecule has 7 heteroatoms. The van der Waals surface area contributed by atoms with Gasteiger partial charge in [0.05, 0.1) is 21.8 Å². The van der Waals surface area contributed by atoms with E-state index in [1.54, 1.807) is 32.0 Å². The highest BCUT2D eigenvalue weighted by atomic mass is 35.5. The van der Waals surface area contributed by atoms with Crippen molar-refractivity contribution in [3.63, 3.8) is 0 Å². The summed E-state index contributed by atoms with van der Waals surface area (Å²) in [6.45, 7) is 4.23. The number of hydrogen-bond donors (Lipinski definition) is 2. The fourth-order valence-corrected chi connectivity index (χ4v) is 2.71. The Labute approximate surface area is 145 Å². The van der Waals surface area contributed by atoms with Crippen molar-refractivity contribution in [3.8, 4) is 0 Å². The maximum Gasteiger partial charge on any atom is 0.239 e. The molecule has 1 aliphatic heterocycles. The molecule has 126 valence electrons. The molecular formula is C16H20Cl2N2O3. The van der Waals surface area contributed by atoms with Crippen LogP contribution in [0.1, 0.15) is 26.7 Å². The lowest BCUT2D eigenvalue weighted by Gasteiger charge is -2.24. The van der Waals surface area contributed by atoms with Gasteiger partial charge in [0.25, 0.3) is 0 Å². The van der Waals surface area contributed by atoms with Gasteiger partial charge in [-0.15, -0.1) is 0 Å². The van der Waals surface area contributed by atoms with Gasteiger partial charge in [-0.3, -0.25) is 9.59 Å². The van der Waals surface area contributed by atoms with Crippen LogP contribution in [0.3, 0.4) is 0 Å². The molecule has 0 aliphatic carbocycles. The Kier molecular flexibility index (Phi) is 5.89. The van der Waals surface area contributed by atoms with E-state index in [2.05, 4.69) is 10.6 Å². The lowest BCUT2D eigenvalue weighted by atomic mass is 9.90. The molecule has 1 aliphatic rings. The van der Waals surface area contributed by atoms with Crippen LogP contribution in [0.25, 0.3) is 0 Å². The number of amides is 2. The molecule has 1 aromatic rings. The van der Waals surface area contributed by atoms with E-state index in [9.17, 15) is 9.59 Å². The minimum absolute atomic E-state index is 0.0239. The maximum absolute atomic E-state index is 12.5. The second-order valence-corrected chi connectivity index (χ2v) is 6.84.